The van der Waals surface area contributed by atoms with Gasteiger partial charge in [0.1, 0.15) is 5.82 Å². The van der Waals surface area contributed by atoms with Crippen LogP contribution < -0.4 is 24.4 Å². The summed E-state index contributed by atoms with van der Waals surface area (Å²) in [5, 5.41) is 0.713. The molecular formula is C23H23ClFN4O4+. The Morgan fingerprint density at radius 1 is 1.06 bits per heavy atom. The molecule has 1 aromatic heterocycles. The first-order valence-electron chi connectivity index (χ1n) is 10.7. The highest BCUT2D eigenvalue weighted by atomic mass is 35.5. The number of rotatable bonds is 6. The van der Waals surface area contributed by atoms with Gasteiger partial charge in [-0.1, -0.05) is 23.7 Å². The average Bonchev–Trinajstić information content (AvgIpc) is 3.48. The minimum atomic E-state index is -0.534. The number of amides is 1. The van der Waals surface area contributed by atoms with Crippen LogP contribution in [-0.2, 0) is 4.74 Å². The molecule has 2 aromatic carbocycles. The smallest absolute Gasteiger partial charge is 0.414 e. The molecule has 0 N–H and O–H groups in total. The Morgan fingerprint density at radius 3 is 2.52 bits per heavy atom. The minimum absolute atomic E-state index is 0.122. The molecule has 2 saturated heterocycles. The largest absolute Gasteiger partial charge is 0.440 e. The molecule has 0 bridgehead atoms. The maximum Gasteiger partial charge on any atom is 0.414 e. The van der Waals surface area contributed by atoms with Gasteiger partial charge in [-0.2, -0.15) is 4.52 Å². The topological polar surface area (TPSA) is 62.3 Å². The Morgan fingerprint density at radius 2 is 1.82 bits per heavy atom. The Balaban J connectivity index is 1.21. The number of hydrogen-bond acceptors (Lipinski definition) is 6. The molecule has 0 saturated carbocycles. The van der Waals surface area contributed by atoms with Gasteiger partial charge in [-0.15, -0.1) is 0 Å². The zero-order valence-corrected chi connectivity index (χ0v) is 18.5. The molecule has 0 radical (unpaired) electrons. The van der Waals surface area contributed by atoms with E-state index >= 15 is 4.39 Å². The third kappa shape index (κ3) is 4.54. The van der Waals surface area contributed by atoms with Crippen LogP contribution in [-0.4, -0.2) is 51.5 Å². The predicted molar refractivity (Wildman–Crippen MR) is 120 cm³/mol. The quantitative estimate of drug-likeness (QED) is 0.548. The second kappa shape index (κ2) is 9.19. The fourth-order valence-electron chi connectivity index (χ4n) is 4.10. The molecule has 8 nitrogen and oxygen atoms in total. The van der Waals surface area contributed by atoms with Crippen molar-refractivity contribution in [2.45, 2.75) is 6.10 Å². The fraction of sp³-hybridized carbons (Fsp3) is 0.304. The second-order valence-corrected chi connectivity index (χ2v) is 8.25. The third-order valence-electron chi connectivity index (χ3n) is 5.77. The number of aromatic nitrogens is 1. The third-order valence-corrected chi connectivity index (χ3v) is 6.09. The maximum atomic E-state index is 15.0. The lowest BCUT2D eigenvalue weighted by Crippen LogP contribution is -2.47. The molecule has 0 spiro atoms. The van der Waals surface area contributed by atoms with Crippen molar-refractivity contribution < 1.29 is 28.2 Å². The van der Waals surface area contributed by atoms with E-state index < -0.39 is 12.2 Å². The molecule has 0 unspecified atom stereocenters. The first-order chi connectivity index (χ1) is 16.1. The van der Waals surface area contributed by atoms with Gasteiger partial charge < -0.3 is 14.5 Å². The highest BCUT2D eigenvalue weighted by Crippen LogP contribution is 2.30. The molecule has 2 aliphatic rings. The summed E-state index contributed by atoms with van der Waals surface area (Å²) in [6.45, 7) is 3.18. The zero-order chi connectivity index (χ0) is 22.8. The van der Waals surface area contributed by atoms with Crippen molar-refractivity contribution in [3.05, 3.63) is 71.8 Å². The van der Waals surface area contributed by atoms with E-state index in [2.05, 4.69) is 4.90 Å². The highest BCUT2D eigenvalue weighted by molar-refractivity contribution is 6.33. The van der Waals surface area contributed by atoms with Gasteiger partial charge in [0, 0.05) is 26.2 Å². The Kier molecular flexibility index (Phi) is 5.95. The number of cyclic esters (lactones) is 1. The molecule has 33 heavy (non-hydrogen) atoms. The summed E-state index contributed by atoms with van der Waals surface area (Å²) in [7, 11) is 0. The van der Waals surface area contributed by atoms with Gasteiger partial charge in [-0.3, -0.25) is 4.90 Å². The summed E-state index contributed by atoms with van der Waals surface area (Å²) in [4.78, 5) is 24.5. The van der Waals surface area contributed by atoms with E-state index in [0.29, 0.717) is 29.5 Å². The molecule has 10 heteroatoms. The summed E-state index contributed by atoms with van der Waals surface area (Å²) in [5.41, 5.74) is 1.95. The van der Waals surface area contributed by atoms with Gasteiger partial charge in [-0.25, -0.2) is 14.0 Å². The van der Waals surface area contributed by atoms with Gasteiger partial charge in [-0.05, 0) is 30.3 Å². The Labute approximate surface area is 195 Å². The van der Waals surface area contributed by atoms with Crippen LogP contribution in [0.5, 0.6) is 0 Å². The number of para-hydroxylation sites is 1. The minimum Gasteiger partial charge on any atom is -0.440 e. The van der Waals surface area contributed by atoms with Crippen molar-refractivity contribution in [3.8, 4) is 0 Å². The number of anilines is 3. The number of halogens is 2. The molecule has 0 aliphatic carbocycles. The number of carbonyl (C=O) groups excluding carboxylic acids is 1. The first kappa shape index (κ1) is 21.4. The van der Waals surface area contributed by atoms with Crippen LogP contribution in [0, 0.1) is 5.82 Å². The number of hydrogen-bond donors (Lipinski definition) is 0. The van der Waals surface area contributed by atoms with Crippen molar-refractivity contribution in [1.82, 2.24) is 0 Å². The summed E-state index contributed by atoms with van der Waals surface area (Å²) in [5.74, 6) is -0.377. The predicted octanol–water partition coefficient (Wildman–Crippen LogP) is 3.14. The molecule has 5 rings (SSSR count). The van der Waals surface area contributed by atoms with E-state index in [-0.39, 0.29) is 19.0 Å². The summed E-state index contributed by atoms with van der Waals surface area (Å²) in [6, 6.07) is 14.2. The van der Waals surface area contributed by atoms with E-state index in [4.69, 9.17) is 25.7 Å². The molecule has 1 atom stereocenters. The van der Waals surface area contributed by atoms with E-state index in [0.717, 1.165) is 18.8 Å². The number of carbonyl (C=O) groups is 1. The van der Waals surface area contributed by atoms with E-state index in [1.807, 2.05) is 29.2 Å². The number of ether oxygens (including phenoxy) is 1. The lowest BCUT2D eigenvalue weighted by atomic mass is 10.2. The highest BCUT2D eigenvalue weighted by Gasteiger charge is 2.35. The molecule has 3 heterocycles. The first-order valence-corrected chi connectivity index (χ1v) is 11.1. The van der Waals surface area contributed by atoms with Crippen LogP contribution >= 0.6 is 11.6 Å². The van der Waals surface area contributed by atoms with Crippen LogP contribution in [0.2, 0.25) is 5.02 Å². The lowest BCUT2D eigenvalue weighted by Gasteiger charge is -2.37. The van der Waals surface area contributed by atoms with Crippen molar-refractivity contribution in [2.75, 3.05) is 54.0 Å². The van der Waals surface area contributed by atoms with Crippen molar-refractivity contribution >= 4 is 34.8 Å². The van der Waals surface area contributed by atoms with Crippen molar-refractivity contribution in [2.24, 2.45) is 0 Å². The van der Waals surface area contributed by atoms with Crippen molar-refractivity contribution in [3.63, 3.8) is 0 Å². The van der Waals surface area contributed by atoms with Crippen LogP contribution in [0.4, 0.5) is 26.2 Å². The second-order valence-electron chi connectivity index (χ2n) is 7.84. The SMILES string of the molecule is O=C1O[C@@H](CO[n+]2ccco2)CN1c1ccc(N2CCN(c3ccccc3Cl)CC2)c(F)c1. The maximum absolute atomic E-state index is 15.0. The van der Waals surface area contributed by atoms with E-state index in [1.54, 1.807) is 24.4 Å². The molecule has 2 fully saturated rings. The van der Waals surface area contributed by atoms with E-state index in [9.17, 15) is 4.79 Å². The van der Waals surface area contributed by atoms with Gasteiger partial charge in [0.25, 0.3) is 6.20 Å². The van der Waals surface area contributed by atoms with Crippen LogP contribution in [0.15, 0.2) is 65.5 Å². The molecular weight excluding hydrogens is 451 g/mol. The normalized spacial score (nSPS) is 18.5. The average molecular weight is 474 g/mol. The Hall–Kier alpha value is -3.46. The standard InChI is InChI=1S/C23H23ClFN4O4/c24-19-4-1-2-5-21(19)26-9-11-27(12-10-26)22-7-6-17(14-20(22)25)28-15-18(33-23(28)30)16-32-29-8-3-13-31-29/h1-8,13-14,18H,9-12,15-16H2/q+1/t18-/m1/s1. The summed E-state index contributed by atoms with van der Waals surface area (Å²) in [6.07, 6.45) is 2.04. The van der Waals surface area contributed by atoms with E-state index in [1.165, 1.54) is 22.1 Å². The number of benzene rings is 2. The number of nitrogens with zero attached hydrogens (tertiary/aromatic N) is 4. The van der Waals surface area contributed by atoms with Gasteiger partial charge in [0.2, 0.25) is 11.5 Å². The summed E-state index contributed by atoms with van der Waals surface area (Å²) < 4.78 is 25.4. The van der Waals surface area contributed by atoms with Crippen LogP contribution in [0.25, 0.3) is 0 Å². The number of piperazine rings is 1. The summed E-state index contributed by atoms with van der Waals surface area (Å²) >= 11 is 6.31. The van der Waals surface area contributed by atoms with Gasteiger partial charge in [0.05, 0.1) is 34.7 Å². The van der Waals surface area contributed by atoms with Crippen LogP contribution in [0.3, 0.4) is 0 Å². The van der Waals surface area contributed by atoms with Gasteiger partial charge in [0.15, 0.2) is 12.4 Å². The molecule has 172 valence electrons. The molecule has 1 amide bonds. The molecule has 2 aliphatic heterocycles. The molecule has 3 aromatic rings. The Bertz CT molecular complexity index is 1120. The van der Waals surface area contributed by atoms with Crippen molar-refractivity contribution in [1.29, 1.82) is 0 Å². The zero-order valence-electron chi connectivity index (χ0n) is 17.8. The lowest BCUT2D eigenvalue weighted by molar-refractivity contribution is -1.02. The van der Waals surface area contributed by atoms with Gasteiger partial charge >= 0.3 is 6.09 Å². The monoisotopic (exact) mass is 473 g/mol. The van der Waals surface area contributed by atoms with Crippen LogP contribution in [0.1, 0.15) is 0 Å². The fourth-order valence-corrected chi connectivity index (χ4v) is 4.36.